The van der Waals surface area contributed by atoms with Crippen molar-refractivity contribution in [3.8, 4) is 0 Å². The van der Waals surface area contributed by atoms with Gasteiger partial charge in [-0.1, -0.05) is 15.9 Å². The van der Waals surface area contributed by atoms with Crippen molar-refractivity contribution >= 4 is 34.2 Å². The minimum Gasteiger partial charge on any atom is -0.352 e. The molecule has 0 bridgehead atoms. The quantitative estimate of drug-likeness (QED) is 0.768. The first kappa shape index (κ1) is 18.4. The van der Waals surface area contributed by atoms with E-state index in [1.807, 2.05) is 0 Å². The summed E-state index contributed by atoms with van der Waals surface area (Å²) in [6.45, 7) is 5.68. The molecule has 1 saturated heterocycles. The van der Waals surface area contributed by atoms with Gasteiger partial charge in [0, 0.05) is 37.2 Å². The van der Waals surface area contributed by atoms with Crippen LogP contribution in [0.15, 0.2) is 22.7 Å². The van der Waals surface area contributed by atoms with E-state index in [4.69, 9.17) is 0 Å². The van der Waals surface area contributed by atoms with Gasteiger partial charge in [-0.25, -0.2) is 4.39 Å². The van der Waals surface area contributed by atoms with Crippen LogP contribution in [0.2, 0.25) is 0 Å². The Morgan fingerprint density at radius 1 is 1.38 bits per heavy atom. The number of piperazine rings is 1. The summed E-state index contributed by atoms with van der Waals surface area (Å²) in [6, 6.07) is 4.46. The zero-order chi connectivity index (χ0) is 14.4. The lowest BCUT2D eigenvalue weighted by Crippen LogP contribution is -2.44. The van der Waals surface area contributed by atoms with Crippen LogP contribution in [0.4, 0.5) is 4.39 Å². The molecule has 0 aromatic heterocycles. The van der Waals surface area contributed by atoms with Crippen LogP contribution >= 0.6 is 28.3 Å². The number of halogens is 3. The Morgan fingerprint density at radius 2 is 2.10 bits per heavy atom. The topological polar surface area (TPSA) is 44.4 Å². The number of carbonyl (C=O) groups excluding carboxylic acids is 1. The molecule has 1 heterocycles. The largest absolute Gasteiger partial charge is 0.352 e. The van der Waals surface area contributed by atoms with Crippen molar-refractivity contribution in [2.45, 2.75) is 6.42 Å². The summed E-state index contributed by atoms with van der Waals surface area (Å²) >= 11 is 3.17. The zero-order valence-electron chi connectivity index (χ0n) is 11.7. The molecule has 2 rings (SSSR count). The number of rotatable bonds is 5. The predicted octanol–water partition coefficient (Wildman–Crippen LogP) is 2.04. The molecule has 118 valence electrons. The van der Waals surface area contributed by atoms with E-state index in [9.17, 15) is 9.18 Å². The van der Waals surface area contributed by atoms with Gasteiger partial charge < -0.3 is 15.5 Å². The fourth-order valence-electron chi connectivity index (χ4n) is 2.21. The van der Waals surface area contributed by atoms with Gasteiger partial charge in [0.25, 0.3) is 5.91 Å². The number of hydrogen-bond donors (Lipinski definition) is 2. The lowest BCUT2D eigenvalue weighted by molar-refractivity contribution is 0.0947. The molecule has 0 atom stereocenters. The minimum atomic E-state index is -0.501. The Kier molecular flexibility index (Phi) is 8.18. The Labute approximate surface area is 139 Å². The first-order valence-electron chi connectivity index (χ1n) is 6.83. The van der Waals surface area contributed by atoms with Crippen molar-refractivity contribution in [3.63, 3.8) is 0 Å². The number of benzene rings is 1. The molecule has 0 aliphatic carbocycles. The molecule has 0 radical (unpaired) electrons. The van der Waals surface area contributed by atoms with E-state index < -0.39 is 5.82 Å². The highest BCUT2D eigenvalue weighted by atomic mass is 79.9. The van der Waals surface area contributed by atoms with Crippen LogP contribution in [-0.2, 0) is 0 Å². The van der Waals surface area contributed by atoms with Crippen molar-refractivity contribution in [2.24, 2.45) is 0 Å². The monoisotopic (exact) mass is 379 g/mol. The summed E-state index contributed by atoms with van der Waals surface area (Å²) in [7, 11) is 0. The molecular weight excluding hydrogens is 361 g/mol. The van der Waals surface area contributed by atoms with Gasteiger partial charge in [0.2, 0.25) is 0 Å². The second-order valence-electron chi connectivity index (χ2n) is 4.83. The van der Waals surface area contributed by atoms with Crippen molar-refractivity contribution in [1.82, 2.24) is 15.5 Å². The Bertz CT molecular complexity index is 470. The molecule has 21 heavy (non-hydrogen) atoms. The maximum atomic E-state index is 13.6. The molecule has 0 spiro atoms. The van der Waals surface area contributed by atoms with Crippen molar-refractivity contribution in [3.05, 3.63) is 34.1 Å². The fourth-order valence-corrected chi connectivity index (χ4v) is 2.54. The molecule has 1 aliphatic rings. The second-order valence-corrected chi connectivity index (χ2v) is 5.74. The van der Waals surface area contributed by atoms with E-state index in [1.165, 1.54) is 12.1 Å². The van der Waals surface area contributed by atoms with Gasteiger partial charge in [0.15, 0.2) is 0 Å². The third-order valence-electron chi connectivity index (χ3n) is 3.32. The first-order valence-corrected chi connectivity index (χ1v) is 7.62. The Morgan fingerprint density at radius 3 is 2.76 bits per heavy atom. The van der Waals surface area contributed by atoms with Gasteiger partial charge in [-0.05, 0) is 31.2 Å². The lowest BCUT2D eigenvalue weighted by atomic mass is 10.2. The first-order chi connectivity index (χ1) is 9.66. The number of carbonyl (C=O) groups is 1. The highest BCUT2D eigenvalue weighted by Gasteiger charge is 2.12. The van der Waals surface area contributed by atoms with Crippen molar-refractivity contribution < 1.29 is 9.18 Å². The van der Waals surface area contributed by atoms with Gasteiger partial charge in [0.1, 0.15) is 5.82 Å². The molecule has 1 aromatic rings. The third kappa shape index (κ3) is 5.90. The summed E-state index contributed by atoms with van der Waals surface area (Å²) in [4.78, 5) is 14.2. The van der Waals surface area contributed by atoms with Crippen LogP contribution in [0.25, 0.3) is 0 Å². The molecular formula is C14H20BrClFN3O. The summed E-state index contributed by atoms with van der Waals surface area (Å²) in [5.41, 5.74) is 0.0929. The van der Waals surface area contributed by atoms with Gasteiger partial charge >= 0.3 is 0 Å². The highest BCUT2D eigenvalue weighted by molar-refractivity contribution is 9.10. The molecule has 0 unspecified atom stereocenters. The number of hydrogen-bond acceptors (Lipinski definition) is 3. The van der Waals surface area contributed by atoms with Crippen LogP contribution in [0.1, 0.15) is 16.8 Å². The van der Waals surface area contributed by atoms with Gasteiger partial charge in [-0.3, -0.25) is 4.79 Å². The maximum absolute atomic E-state index is 13.6. The lowest BCUT2D eigenvalue weighted by Gasteiger charge is -2.27. The highest BCUT2D eigenvalue weighted by Crippen LogP contribution is 2.15. The normalized spacial score (nSPS) is 15.3. The molecule has 1 amide bonds. The molecule has 4 nitrogen and oxygen atoms in total. The molecule has 7 heteroatoms. The second kappa shape index (κ2) is 9.35. The number of amides is 1. The molecule has 1 fully saturated rings. The average molecular weight is 381 g/mol. The SMILES string of the molecule is Cl.O=C(NCCCN1CCNCC1)c1ccc(Br)cc1F. The van der Waals surface area contributed by atoms with E-state index in [0.29, 0.717) is 11.0 Å². The molecule has 1 aromatic carbocycles. The number of nitrogens with one attached hydrogen (secondary N) is 2. The van der Waals surface area contributed by atoms with E-state index in [0.717, 1.165) is 39.1 Å². The minimum absolute atomic E-state index is 0. The van der Waals surface area contributed by atoms with Gasteiger partial charge in [-0.15, -0.1) is 12.4 Å². The fraction of sp³-hybridized carbons (Fsp3) is 0.500. The van der Waals surface area contributed by atoms with Crippen molar-refractivity contribution in [2.75, 3.05) is 39.3 Å². The number of nitrogens with zero attached hydrogens (tertiary/aromatic N) is 1. The maximum Gasteiger partial charge on any atom is 0.254 e. The van der Waals surface area contributed by atoms with E-state index in [-0.39, 0.29) is 23.9 Å². The molecule has 1 aliphatic heterocycles. The van der Waals surface area contributed by atoms with E-state index in [2.05, 4.69) is 31.5 Å². The van der Waals surface area contributed by atoms with Crippen LogP contribution in [0.5, 0.6) is 0 Å². The van der Waals surface area contributed by atoms with Gasteiger partial charge in [0.05, 0.1) is 5.56 Å². The van der Waals surface area contributed by atoms with Crippen LogP contribution < -0.4 is 10.6 Å². The van der Waals surface area contributed by atoms with E-state index >= 15 is 0 Å². The summed E-state index contributed by atoms with van der Waals surface area (Å²) in [6.07, 6.45) is 0.879. The van der Waals surface area contributed by atoms with Crippen LogP contribution in [-0.4, -0.2) is 50.1 Å². The average Bonchev–Trinajstić information content (AvgIpc) is 2.44. The summed E-state index contributed by atoms with van der Waals surface area (Å²) in [5, 5.41) is 6.06. The smallest absolute Gasteiger partial charge is 0.254 e. The third-order valence-corrected chi connectivity index (χ3v) is 3.82. The van der Waals surface area contributed by atoms with Gasteiger partial charge in [-0.2, -0.15) is 0 Å². The molecule has 2 N–H and O–H groups in total. The van der Waals surface area contributed by atoms with Crippen molar-refractivity contribution in [1.29, 1.82) is 0 Å². The van der Waals surface area contributed by atoms with E-state index in [1.54, 1.807) is 6.07 Å². The Hall–Kier alpha value is -0.690. The standard InChI is InChI=1S/C14H19BrFN3O.ClH/c15-11-2-3-12(13(16)10-11)14(20)18-4-1-7-19-8-5-17-6-9-19;/h2-3,10,17H,1,4-9H2,(H,18,20);1H. The molecule has 0 saturated carbocycles. The van der Waals surface area contributed by atoms with Crippen LogP contribution in [0, 0.1) is 5.82 Å². The summed E-state index contributed by atoms with van der Waals surface area (Å²) < 4.78 is 14.2. The summed E-state index contributed by atoms with van der Waals surface area (Å²) in [5.74, 6) is -0.853. The van der Waals surface area contributed by atoms with Crippen LogP contribution in [0.3, 0.4) is 0 Å². The Balaban J connectivity index is 0.00000220. The predicted molar refractivity (Wildman–Crippen MR) is 87.6 cm³/mol. The zero-order valence-corrected chi connectivity index (χ0v) is 14.1.